The molecule has 1 heterocycles. The Morgan fingerprint density at radius 1 is 1.00 bits per heavy atom. The predicted molar refractivity (Wildman–Crippen MR) is 128 cm³/mol. The normalized spacial score (nSPS) is 11.6. The van der Waals surface area contributed by atoms with E-state index in [1.54, 1.807) is 0 Å². The molecule has 1 atom stereocenters. The summed E-state index contributed by atoms with van der Waals surface area (Å²) < 4.78 is 5.66. The van der Waals surface area contributed by atoms with Gasteiger partial charge in [-0.25, -0.2) is 4.98 Å². The molecule has 0 saturated heterocycles. The lowest BCUT2D eigenvalue weighted by atomic mass is 10.0. The van der Waals surface area contributed by atoms with Gasteiger partial charge < -0.3 is 20.7 Å². The van der Waals surface area contributed by atoms with Gasteiger partial charge in [-0.2, -0.15) is 4.98 Å². The van der Waals surface area contributed by atoms with Crippen LogP contribution in [0.3, 0.4) is 0 Å². The molecule has 0 spiro atoms. The van der Waals surface area contributed by atoms with E-state index in [2.05, 4.69) is 39.8 Å². The van der Waals surface area contributed by atoms with Crippen LogP contribution >= 0.6 is 0 Å². The van der Waals surface area contributed by atoms with E-state index in [1.807, 2.05) is 73.7 Å². The van der Waals surface area contributed by atoms with Gasteiger partial charge in [0.15, 0.2) is 0 Å². The van der Waals surface area contributed by atoms with Gasteiger partial charge in [0.05, 0.1) is 6.54 Å². The van der Waals surface area contributed by atoms with Crippen LogP contribution in [-0.4, -0.2) is 35.1 Å². The monoisotopic (exact) mass is 433 g/mol. The molecule has 168 valence electrons. The van der Waals surface area contributed by atoms with Crippen molar-refractivity contribution in [1.82, 2.24) is 15.3 Å². The fraction of sp³-hybridized carbons (Fsp3) is 0.320. The van der Waals surface area contributed by atoms with Crippen LogP contribution in [0.1, 0.15) is 26.0 Å². The number of anilines is 3. The molecular weight excluding hydrogens is 402 g/mol. The Bertz CT molecular complexity index is 980. The third-order valence-electron chi connectivity index (χ3n) is 4.64. The van der Waals surface area contributed by atoms with E-state index in [0.717, 1.165) is 17.1 Å². The average molecular weight is 434 g/mol. The van der Waals surface area contributed by atoms with Crippen LogP contribution in [0.2, 0.25) is 0 Å². The minimum Gasteiger partial charge on any atom is -0.492 e. The molecule has 0 aliphatic rings. The second kappa shape index (κ2) is 11.7. The third kappa shape index (κ3) is 7.58. The van der Waals surface area contributed by atoms with Crippen LogP contribution in [0.5, 0.6) is 5.75 Å². The Kier molecular flexibility index (Phi) is 8.43. The molecular formula is C25H31N5O2. The van der Waals surface area contributed by atoms with Crippen LogP contribution in [-0.2, 0) is 4.79 Å². The molecule has 3 N–H and O–H groups in total. The predicted octanol–water partition coefficient (Wildman–Crippen LogP) is 4.55. The lowest BCUT2D eigenvalue weighted by Gasteiger charge is -2.21. The quantitative estimate of drug-likeness (QED) is 0.385. The maximum Gasteiger partial charge on any atom is 0.242 e. The summed E-state index contributed by atoms with van der Waals surface area (Å²) in [7, 11) is 0. The molecule has 0 radical (unpaired) electrons. The van der Waals surface area contributed by atoms with Crippen molar-refractivity contribution in [1.29, 1.82) is 0 Å². The Labute approximate surface area is 189 Å². The highest BCUT2D eigenvalue weighted by Crippen LogP contribution is 2.17. The average Bonchev–Trinajstić information content (AvgIpc) is 2.77. The topological polar surface area (TPSA) is 88.2 Å². The highest BCUT2D eigenvalue weighted by atomic mass is 16.5. The van der Waals surface area contributed by atoms with E-state index < -0.39 is 6.04 Å². The maximum atomic E-state index is 12.9. The SMILES string of the molecule is Cc1cc(N[C@@H](CC(C)C)C(=O)NCCOc2ccccc2)nc(Nc2ccccc2)n1. The number of nitrogens with zero attached hydrogens (tertiary/aromatic N) is 2. The van der Waals surface area contributed by atoms with Crippen LogP contribution in [0.25, 0.3) is 0 Å². The molecule has 0 saturated carbocycles. The second-order valence-corrected chi connectivity index (χ2v) is 7.99. The van der Waals surface area contributed by atoms with Crippen molar-refractivity contribution >= 4 is 23.4 Å². The number of carbonyl (C=O) groups excluding carboxylic acids is 1. The highest BCUT2D eigenvalue weighted by Gasteiger charge is 2.20. The number of para-hydroxylation sites is 2. The Morgan fingerprint density at radius 2 is 1.69 bits per heavy atom. The molecule has 7 nitrogen and oxygen atoms in total. The molecule has 3 aromatic rings. The first kappa shape index (κ1) is 23.1. The first-order chi connectivity index (χ1) is 15.5. The summed E-state index contributed by atoms with van der Waals surface area (Å²) in [4.78, 5) is 21.9. The van der Waals surface area contributed by atoms with Crippen molar-refractivity contribution in [3.8, 4) is 5.75 Å². The molecule has 0 fully saturated rings. The lowest BCUT2D eigenvalue weighted by Crippen LogP contribution is -2.42. The number of aryl methyl sites for hydroxylation is 1. The fourth-order valence-electron chi connectivity index (χ4n) is 3.21. The second-order valence-electron chi connectivity index (χ2n) is 7.99. The number of nitrogens with one attached hydrogen (secondary N) is 3. The molecule has 3 rings (SSSR count). The van der Waals surface area contributed by atoms with Gasteiger partial charge >= 0.3 is 0 Å². The van der Waals surface area contributed by atoms with Crippen molar-refractivity contribution < 1.29 is 9.53 Å². The Balaban J connectivity index is 1.60. The van der Waals surface area contributed by atoms with Gasteiger partial charge in [-0.15, -0.1) is 0 Å². The summed E-state index contributed by atoms with van der Waals surface area (Å²) >= 11 is 0. The van der Waals surface area contributed by atoms with Gasteiger partial charge in [0.25, 0.3) is 0 Å². The molecule has 1 amide bonds. The number of carbonyl (C=O) groups is 1. The van der Waals surface area contributed by atoms with E-state index in [-0.39, 0.29) is 5.91 Å². The molecule has 0 aliphatic heterocycles. The van der Waals surface area contributed by atoms with Crippen LogP contribution < -0.4 is 20.7 Å². The van der Waals surface area contributed by atoms with Crippen LogP contribution in [0, 0.1) is 12.8 Å². The van der Waals surface area contributed by atoms with Crippen LogP contribution in [0.4, 0.5) is 17.5 Å². The summed E-state index contributed by atoms with van der Waals surface area (Å²) in [6, 6.07) is 20.7. The Hall–Kier alpha value is -3.61. The molecule has 32 heavy (non-hydrogen) atoms. The first-order valence-electron chi connectivity index (χ1n) is 10.9. The number of ether oxygens (including phenoxy) is 1. The van der Waals surface area contributed by atoms with E-state index in [0.29, 0.717) is 37.3 Å². The molecule has 0 bridgehead atoms. The number of hydrogen-bond donors (Lipinski definition) is 3. The number of aromatic nitrogens is 2. The Morgan fingerprint density at radius 3 is 2.38 bits per heavy atom. The summed E-state index contributed by atoms with van der Waals surface area (Å²) in [6.45, 7) is 6.92. The van der Waals surface area contributed by atoms with Gasteiger partial charge in [0.2, 0.25) is 11.9 Å². The van der Waals surface area contributed by atoms with Crippen molar-refractivity contribution in [2.24, 2.45) is 5.92 Å². The summed E-state index contributed by atoms with van der Waals surface area (Å²) in [5.41, 5.74) is 1.71. The smallest absolute Gasteiger partial charge is 0.242 e. The van der Waals surface area contributed by atoms with E-state index in [4.69, 9.17) is 4.74 Å². The molecule has 0 aliphatic carbocycles. The third-order valence-corrected chi connectivity index (χ3v) is 4.64. The van der Waals surface area contributed by atoms with Crippen molar-refractivity contribution in [3.63, 3.8) is 0 Å². The number of hydrogen-bond acceptors (Lipinski definition) is 6. The van der Waals surface area contributed by atoms with Crippen molar-refractivity contribution in [2.45, 2.75) is 33.2 Å². The van der Waals surface area contributed by atoms with E-state index in [1.165, 1.54) is 0 Å². The highest BCUT2D eigenvalue weighted by molar-refractivity contribution is 5.84. The van der Waals surface area contributed by atoms with Gasteiger partial charge in [-0.3, -0.25) is 4.79 Å². The van der Waals surface area contributed by atoms with E-state index in [9.17, 15) is 4.79 Å². The minimum atomic E-state index is -0.411. The molecule has 0 unspecified atom stereocenters. The van der Waals surface area contributed by atoms with Gasteiger partial charge in [-0.1, -0.05) is 50.2 Å². The molecule has 1 aromatic heterocycles. The maximum absolute atomic E-state index is 12.9. The van der Waals surface area contributed by atoms with Crippen molar-refractivity contribution in [2.75, 3.05) is 23.8 Å². The summed E-state index contributed by atoms with van der Waals surface area (Å²) in [6.07, 6.45) is 0.676. The minimum absolute atomic E-state index is 0.0794. The zero-order valence-electron chi connectivity index (χ0n) is 18.8. The zero-order chi connectivity index (χ0) is 22.8. The largest absolute Gasteiger partial charge is 0.492 e. The number of amides is 1. The first-order valence-corrected chi connectivity index (χ1v) is 10.9. The summed E-state index contributed by atoms with van der Waals surface area (Å²) in [5, 5.41) is 9.46. The summed E-state index contributed by atoms with van der Waals surface area (Å²) in [5.74, 6) is 2.14. The molecule has 2 aromatic carbocycles. The van der Waals surface area contributed by atoms with Gasteiger partial charge in [-0.05, 0) is 43.5 Å². The van der Waals surface area contributed by atoms with Gasteiger partial charge in [0, 0.05) is 17.4 Å². The van der Waals surface area contributed by atoms with E-state index >= 15 is 0 Å². The number of benzene rings is 2. The lowest BCUT2D eigenvalue weighted by molar-refractivity contribution is -0.122. The van der Waals surface area contributed by atoms with Gasteiger partial charge in [0.1, 0.15) is 24.2 Å². The zero-order valence-corrected chi connectivity index (χ0v) is 18.8. The number of rotatable bonds is 11. The van der Waals surface area contributed by atoms with Crippen LogP contribution in [0.15, 0.2) is 66.7 Å². The standard InChI is InChI=1S/C25H31N5O2/c1-18(2)16-22(24(31)26-14-15-32-21-12-8-5-9-13-21)29-23-17-19(3)27-25(30-23)28-20-10-6-4-7-11-20/h4-13,17-18,22H,14-16H2,1-3H3,(H,26,31)(H2,27,28,29,30)/t22-/m0/s1. The molecule has 7 heteroatoms. The van der Waals surface area contributed by atoms with Crippen molar-refractivity contribution in [3.05, 3.63) is 72.4 Å². The fourth-order valence-corrected chi connectivity index (χ4v) is 3.21.